The molecule has 3 aromatic carbocycles. The summed E-state index contributed by atoms with van der Waals surface area (Å²) in [7, 11) is 0. The van der Waals surface area contributed by atoms with Gasteiger partial charge in [-0.3, -0.25) is 4.79 Å². The van der Waals surface area contributed by atoms with E-state index in [1.165, 1.54) is 16.3 Å². The number of nitrogens with two attached hydrogens (primary N) is 1. The molecule has 4 rings (SSSR count). The molecule has 0 saturated carbocycles. The van der Waals surface area contributed by atoms with Gasteiger partial charge in [0.05, 0.1) is 5.69 Å². The molecule has 0 aliphatic rings. The summed E-state index contributed by atoms with van der Waals surface area (Å²) in [6.07, 6.45) is 1.72. The van der Waals surface area contributed by atoms with E-state index < -0.39 is 5.91 Å². The number of hydrogen-bond acceptors (Lipinski definition) is 4. The first-order chi connectivity index (χ1) is 13.2. The normalized spacial score (nSPS) is 10.7. The number of primary amides is 1. The van der Waals surface area contributed by atoms with Gasteiger partial charge in [-0.05, 0) is 34.5 Å². The van der Waals surface area contributed by atoms with Crippen LogP contribution in [0.25, 0.3) is 22.0 Å². The topological polar surface area (TPSA) is 80.9 Å². The van der Waals surface area contributed by atoms with Crippen LogP contribution in [0.4, 0.5) is 5.95 Å². The Labute approximate surface area is 156 Å². The van der Waals surface area contributed by atoms with E-state index in [-0.39, 0.29) is 0 Å². The van der Waals surface area contributed by atoms with Gasteiger partial charge in [-0.25, -0.2) is 9.97 Å². The van der Waals surface area contributed by atoms with Crippen molar-refractivity contribution in [1.82, 2.24) is 9.97 Å². The standard InChI is InChI=1S/C22H18N4O/c23-21(27)17-10-8-16(9-11-17)20-12-13-24-22(26-20)25-14-18-6-3-5-15-4-1-2-7-19(15)18/h1-13H,14H2,(H2,23,27)(H,24,25,26). The van der Waals surface area contributed by atoms with Crippen molar-refractivity contribution in [2.75, 3.05) is 5.32 Å². The third-order valence-corrected chi connectivity index (χ3v) is 4.44. The quantitative estimate of drug-likeness (QED) is 0.567. The van der Waals surface area contributed by atoms with Crippen LogP contribution in [0, 0.1) is 0 Å². The SMILES string of the molecule is NC(=O)c1ccc(-c2ccnc(NCc3cccc4ccccc34)n2)cc1. The Kier molecular flexibility index (Phi) is 4.49. The van der Waals surface area contributed by atoms with E-state index >= 15 is 0 Å². The van der Waals surface area contributed by atoms with Gasteiger partial charge in [-0.1, -0.05) is 54.6 Å². The number of rotatable bonds is 5. The lowest BCUT2D eigenvalue weighted by atomic mass is 10.0. The molecule has 0 unspecified atom stereocenters. The number of aromatic nitrogens is 2. The third-order valence-electron chi connectivity index (χ3n) is 4.44. The van der Waals surface area contributed by atoms with Crippen molar-refractivity contribution in [2.45, 2.75) is 6.54 Å². The van der Waals surface area contributed by atoms with Crippen molar-refractivity contribution in [3.63, 3.8) is 0 Å². The second-order valence-corrected chi connectivity index (χ2v) is 6.20. The van der Waals surface area contributed by atoms with Crippen LogP contribution < -0.4 is 11.1 Å². The summed E-state index contributed by atoms with van der Waals surface area (Å²) in [5.41, 5.74) is 8.63. The van der Waals surface area contributed by atoms with Gasteiger partial charge in [0.2, 0.25) is 11.9 Å². The molecule has 5 nitrogen and oxygen atoms in total. The monoisotopic (exact) mass is 354 g/mol. The molecule has 132 valence electrons. The highest BCUT2D eigenvalue weighted by molar-refractivity contribution is 5.93. The van der Waals surface area contributed by atoms with Crippen LogP contribution in [-0.2, 0) is 6.54 Å². The highest BCUT2D eigenvalue weighted by atomic mass is 16.1. The van der Waals surface area contributed by atoms with Crippen molar-refractivity contribution < 1.29 is 4.79 Å². The molecule has 1 heterocycles. The predicted molar refractivity (Wildman–Crippen MR) is 107 cm³/mol. The Morgan fingerprint density at radius 2 is 1.70 bits per heavy atom. The van der Waals surface area contributed by atoms with E-state index in [9.17, 15) is 4.79 Å². The van der Waals surface area contributed by atoms with Gasteiger partial charge < -0.3 is 11.1 Å². The second-order valence-electron chi connectivity index (χ2n) is 6.20. The highest BCUT2D eigenvalue weighted by Crippen LogP contribution is 2.21. The lowest BCUT2D eigenvalue weighted by Gasteiger charge is -2.09. The zero-order chi connectivity index (χ0) is 18.6. The van der Waals surface area contributed by atoms with Crippen molar-refractivity contribution >= 4 is 22.6 Å². The van der Waals surface area contributed by atoms with Gasteiger partial charge >= 0.3 is 0 Å². The van der Waals surface area contributed by atoms with E-state index in [4.69, 9.17) is 5.73 Å². The Balaban J connectivity index is 1.55. The Morgan fingerprint density at radius 3 is 2.52 bits per heavy atom. The molecule has 4 aromatic rings. The number of benzene rings is 3. The maximum Gasteiger partial charge on any atom is 0.248 e. The summed E-state index contributed by atoms with van der Waals surface area (Å²) in [5.74, 6) is 0.112. The van der Waals surface area contributed by atoms with Crippen LogP contribution in [0.5, 0.6) is 0 Å². The summed E-state index contributed by atoms with van der Waals surface area (Å²) in [4.78, 5) is 20.1. The number of anilines is 1. The largest absolute Gasteiger partial charge is 0.366 e. The van der Waals surface area contributed by atoms with Gasteiger partial charge in [0.15, 0.2) is 0 Å². The van der Waals surface area contributed by atoms with E-state index in [1.807, 2.05) is 30.3 Å². The van der Waals surface area contributed by atoms with Crippen LogP contribution >= 0.6 is 0 Å². The van der Waals surface area contributed by atoms with Crippen LogP contribution in [0.2, 0.25) is 0 Å². The number of nitrogens with zero attached hydrogens (tertiary/aromatic N) is 2. The molecular weight excluding hydrogens is 336 g/mol. The molecule has 0 saturated heterocycles. The lowest BCUT2D eigenvalue weighted by Crippen LogP contribution is -2.10. The minimum Gasteiger partial charge on any atom is -0.366 e. The lowest BCUT2D eigenvalue weighted by molar-refractivity contribution is 0.100. The Morgan fingerprint density at radius 1 is 0.926 bits per heavy atom. The minimum atomic E-state index is -0.443. The Bertz CT molecular complexity index is 1100. The zero-order valence-electron chi connectivity index (χ0n) is 14.6. The number of carbonyl (C=O) groups excluding carboxylic acids is 1. The molecule has 0 bridgehead atoms. The number of fused-ring (bicyclic) bond motifs is 1. The van der Waals surface area contributed by atoms with Crippen molar-refractivity contribution in [3.05, 3.63) is 90.1 Å². The number of hydrogen-bond donors (Lipinski definition) is 2. The maximum atomic E-state index is 11.2. The fourth-order valence-electron chi connectivity index (χ4n) is 3.03. The van der Waals surface area contributed by atoms with Crippen LogP contribution in [0.3, 0.4) is 0 Å². The van der Waals surface area contributed by atoms with Crippen LogP contribution in [0.15, 0.2) is 79.0 Å². The van der Waals surface area contributed by atoms with E-state index in [1.54, 1.807) is 18.3 Å². The molecule has 0 spiro atoms. The number of nitrogens with one attached hydrogen (secondary N) is 1. The van der Waals surface area contributed by atoms with Gasteiger partial charge in [0.1, 0.15) is 0 Å². The molecule has 0 atom stereocenters. The first-order valence-corrected chi connectivity index (χ1v) is 8.64. The van der Waals surface area contributed by atoms with Gasteiger partial charge in [0.25, 0.3) is 0 Å². The van der Waals surface area contributed by atoms with Crippen LogP contribution in [-0.4, -0.2) is 15.9 Å². The van der Waals surface area contributed by atoms with Gasteiger partial charge in [-0.15, -0.1) is 0 Å². The molecule has 1 aromatic heterocycles. The smallest absolute Gasteiger partial charge is 0.248 e. The second kappa shape index (κ2) is 7.25. The summed E-state index contributed by atoms with van der Waals surface area (Å²) in [6.45, 7) is 0.630. The molecule has 27 heavy (non-hydrogen) atoms. The van der Waals surface area contributed by atoms with Gasteiger partial charge in [-0.2, -0.15) is 0 Å². The molecular formula is C22H18N4O. The first-order valence-electron chi connectivity index (χ1n) is 8.64. The number of carbonyl (C=O) groups is 1. The first kappa shape index (κ1) is 16.7. The molecule has 1 amide bonds. The van der Waals surface area contributed by atoms with Crippen LogP contribution in [0.1, 0.15) is 15.9 Å². The summed E-state index contributed by atoms with van der Waals surface area (Å²) >= 11 is 0. The zero-order valence-corrected chi connectivity index (χ0v) is 14.6. The molecule has 0 aliphatic heterocycles. The summed E-state index contributed by atoms with van der Waals surface area (Å²) < 4.78 is 0. The van der Waals surface area contributed by atoms with Gasteiger partial charge in [0, 0.05) is 23.9 Å². The molecule has 0 fully saturated rings. The maximum absolute atomic E-state index is 11.2. The van der Waals surface area contributed by atoms with Crippen molar-refractivity contribution in [3.8, 4) is 11.3 Å². The fraction of sp³-hybridized carbons (Fsp3) is 0.0455. The van der Waals surface area contributed by atoms with E-state index in [2.05, 4.69) is 45.6 Å². The molecule has 0 aliphatic carbocycles. The highest BCUT2D eigenvalue weighted by Gasteiger charge is 2.06. The molecule has 3 N–H and O–H groups in total. The predicted octanol–water partition coefficient (Wildman–Crippen LogP) is 4.01. The number of amides is 1. The molecule has 5 heteroatoms. The third kappa shape index (κ3) is 3.62. The van der Waals surface area contributed by atoms with Crippen molar-refractivity contribution in [1.29, 1.82) is 0 Å². The fourth-order valence-corrected chi connectivity index (χ4v) is 3.03. The molecule has 0 radical (unpaired) electrons. The van der Waals surface area contributed by atoms with E-state index in [0.717, 1.165) is 11.3 Å². The summed E-state index contributed by atoms with van der Waals surface area (Å²) in [6, 6.07) is 23.4. The average molecular weight is 354 g/mol. The van der Waals surface area contributed by atoms with Crippen molar-refractivity contribution in [2.24, 2.45) is 5.73 Å². The van der Waals surface area contributed by atoms with E-state index in [0.29, 0.717) is 18.1 Å². The Hall–Kier alpha value is -3.73. The minimum absolute atomic E-state index is 0.443. The average Bonchev–Trinajstić information content (AvgIpc) is 2.72. The summed E-state index contributed by atoms with van der Waals surface area (Å²) in [5, 5.41) is 5.72.